The Kier molecular flexibility index (Phi) is 10.9. The van der Waals surface area contributed by atoms with Crippen molar-refractivity contribution < 1.29 is 33.9 Å². The largest absolute Gasteiger partial charge is 0.480 e. The monoisotopic (exact) mass is 534 g/mol. The van der Waals surface area contributed by atoms with Crippen LogP contribution in [0.1, 0.15) is 30.7 Å². The molecule has 17 heteroatoms. The molecule has 2 rings (SSSR count). The average molecular weight is 535 g/mol. The maximum atomic E-state index is 13.2. The van der Waals surface area contributed by atoms with E-state index < -0.39 is 66.1 Å². The summed E-state index contributed by atoms with van der Waals surface area (Å²) in [5.41, 5.74) is 17.2. The Hall–Kier alpha value is -4.80. The molecule has 0 aromatic carbocycles. The summed E-state index contributed by atoms with van der Waals surface area (Å²) in [6, 6.07) is -5.41. The van der Waals surface area contributed by atoms with E-state index in [0.29, 0.717) is 11.4 Å². The number of hydrogen-bond donors (Lipinski definition) is 9. The van der Waals surface area contributed by atoms with Gasteiger partial charge in [0.25, 0.3) is 0 Å². The Morgan fingerprint density at radius 3 is 1.82 bits per heavy atom. The second kappa shape index (κ2) is 14.1. The fourth-order valence-electron chi connectivity index (χ4n) is 3.33. The number of primary amides is 2. The molecule has 2 aromatic rings. The number of carbonyl (C=O) groups is 6. The molecule has 17 nitrogen and oxygen atoms in total. The summed E-state index contributed by atoms with van der Waals surface area (Å²) >= 11 is 0. The van der Waals surface area contributed by atoms with E-state index in [0.717, 1.165) is 0 Å². The SMILES string of the molecule is NC(=O)CCC(NC(=O)C(Cc1cnc[nH]1)NC(=O)C(N)Cc1cnc[nH]1)C(=O)NC(CC(N)=O)C(=O)O. The van der Waals surface area contributed by atoms with Crippen LogP contribution < -0.4 is 33.2 Å². The van der Waals surface area contributed by atoms with Crippen LogP contribution in [-0.4, -0.2) is 84.7 Å². The molecule has 0 fully saturated rings. The molecule has 0 bridgehead atoms. The molecule has 4 atom stereocenters. The standard InChI is InChI=1S/C21H30N10O7/c22-12(3-10-6-25-8-27-10)18(34)30-14(4-11-7-26-9-28-11)20(36)29-13(1-2-16(23)32)19(35)31-15(21(37)38)5-17(24)33/h6-9,12-15H,1-5,22H2,(H2,23,32)(H2,24,33)(H,25,27)(H,26,28)(H,29,36)(H,30,34)(H,31,35)(H,37,38). The van der Waals surface area contributed by atoms with E-state index in [1.165, 1.54) is 25.0 Å². The molecule has 4 unspecified atom stereocenters. The number of aromatic amines is 2. The van der Waals surface area contributed by atoms with Gasteiger partial charge in [-0.25, -0.2) is 14.8 Å². The third-order valence-electron chi connectivity index (χ3n) is 5.28. The number of carboxylic acids is 1. The lowest BCUT2D eigenvalue weighted by Crippen LogP contribution is -2.58. The van der Waals surface area contributed by atoms with Gasteiger partial charge in [-0.1, -0.05) is 0 Å². The lowest BCUT2D eigenvalue weighted by atomic mass is 10.1. The lowest BCUT2D eigenvalue weighted by Gasteiger charge is -2.24. The molecule has 0 radical (unpaired) electrons. The van der Waals surface area contributed by atoms with Crippen LogP contribution in [0, 0.1) is 0 Å². The molecule has 12 N–H and O–H groups in total. The summed E-state index contributed by atoms with van der Waals surface area (Å²) in [4.78, 5) is 86.0. The van der Waals surface area contributed by atoms with Crippen molar-refractivity contribution in [3.8, 4) is 0 Å². The van der Waals surface area contributed by atoms with Crippen LogP contribution in [0.2, 0.25) is 0 Å². The second-order valence-electron chi connectivity index (χ2n) is 8.37. The summed E-state index contributed by atoms with van der Waals surface area (Å²) in [6.07, 6.45) is 4.40. The highest BCUT2D eigenvalue weighted by Crippen LogP contribution is 2.05. The molecule has 0 spiro atoms. The van der Waals surface area contributed by atoms with Gasteiger partial charge in [-0.3, -0.25) is 24.0 Å². The van der Waals surface area contributed by atoms with Gasteiger partial charge in [0.05, 0.1) is 25.1 Å². The van der Waals surface area contributed by atoms with E-state index in [1.54, 1.807) is 0 Å². The Bertz CT molecular complexity index is 1120. The van der Waals surface area contributed by atoms with Crippen molar-refractivity contribution in [1.29, 1.82) is 0 Å². The highest BCUT2D eigenvalue weighted by Gasteiger charge is 2.31. The van der Waals surface area contributed by atoms with Gasteiger partial charge in [0, 0.05) is 43.0 Å². The number of hydrogen-bond acceptors (Lipinski definition) is 9. The number of nitrogens with two attached hydrogens (primary N) is 3. The highest BCUT2D eigenvalue weighted by molar-refractivity contribution is 5.95. The molecule has 0 aliphatic carbocycles. The number of imidazole rings is 2. The van der Waals surface area contributed by atoms with Gasteiger partial charge in [0.1, 0.15) is 18.1 Å². The number of rotatable bonds is 16. The van der Waals surface area contributed by atoms with Crippen LogP contribution in [0.4, 0.5) is 0 Å². The van der Waals surface area contributed by atoms with Gasteiger partial charge in [-0.05, 0) is 6.42 Å². The molecule has 206 valence electrons. The van der Waals surface area contributed by atoms with Crippen molar-refractivity contribution in [1.82, 2.24) is 35.9 Å². The Labute approximate surface area is 215 Å². The first-order valence-electron chi connectivity index (χ1n) is 11.4. The summed E-state index contributed by atoms with van der Waals surface area (Å²) in [6.45, 7) is 0. The van der Waals surface area contributed by atoms with E-state index in [-0.39, 0.29) is 25.7 Å². The van der Waals surface area contributed by atoms with Crippen molar-refractivity contribution in [2.24, 2.45) is 17.2 Å². The number of amides is 5. The summed E-state index contributed by atoms with van der Waals surface area (Å²) in [5, 5.41) is 16.3. The van der Waals surface area contributed by atoms with Crippen LogP contribution in [0.3, 0.4) is 0 Å². The van der Waals surface area contributed by atoms with Crippen LogP contribution in [0.15, 0.2) is 25.0 Å². The minimum absolute atomic E-state index is 0.0715. The second-order valence-corrected chi connectivity index (χ2v) is 8.37. The molecular formula is C21H30N10O7. The van der Waals surface area contributed by atoms with E-state index in [2.05, 4.69) is 35.9 Å². The maximum Gasteiger partial charge on any atom is 0.326 e. The Morgan fingerprint density at radius 1 is 0.789 bits per heavy atom. The van der Waals surface area contributed by atoms with Gasteiger partial charge >= 0.3 is 5.97 Å². The number of carbonyl (C=O) groups excluding carboxylic acids is 5. The molecule has 0 aliphatic rings. The zero-order chi connectivity index (χ0) is 28.2. The molecule has 0 saturated heterocycles. The van der Waals surface area contributed by atoms with Crippen LogP contribution in [0.5, 0.6) is 0 Å². The van der Waals surface area contributed by atoms with Gasteiger partial charge < -0.3 is 48.2 Å². The zero-order valence-electron chi connectivity index (χ0n) is 20.2. The molecular weight excluding hydrogens is 504 g/mol. The number of carboxylic acid groups (broad SMARTS) is 1. The lowest BCUT2D eigenvalue weighted by molar-refractivity contribution is -0.144. The van der Waals surface area contributed by atoms with Crippen molar-refractivity contribution in [2.45, 2.75) is 56.3 Å². The number of aromatic nitrogens is 4. The fraction of sp³-hybridized carbons (Fsp3) is 0.429. The van der Waals surface area contributed by atoms with E-state index in [9.17, 15) is 33.9 Å². The average Bonchev–Trinajstić information content (AvgIpc) is 3.54. The van der Waals surface area contributed by atoms with Crippen molar-refractivity contribution in [3.63, 3.8) is 0 Å². The van der Waals surface area contributed by atoms with Gasteiger partial charge in [-0.2, -0.15) is 0 Å². The van der Waals surface area contributed by atoms with Crippen molar-refractivity contribution >= 4 is 35.5 Å². The minimum atomic E-state index is -1.67. The van der Waals surface area contributed by atoms with Crippen LogP contribution in [-0.2, 0) is 41.6 Å². The smallest absolute Gasteiger partial charge is 0.326 e. The number of nitrogens with zero attached hydrogens (tertiary/aromatic N) is 2. The predicted octanol–water partition coefficient (Wildman–Crippen LogP) is -4.07. The zero-order valence-corrected chi connectivity index (χ0v) is 20.2. The summed E-state index contributed by atoms with van der Waals surface area (Å²) in [5.74, 6) is -5.82. The van der Waals surface area contributed by atoms with Gasteiger partial charge in [0.15, 0.2) is 0 Å². The maximum absolute atomic E-state index is 13.2. The van der Waals surface area contributed by atoms with Crippen LogP contribution >= 0.6 is 0 Å². The first kappa shape index (κ1) is 29.4. The molecule has 2 aromatic heterocycles. The molecule has 0 saturated carbocycles. The van der Waals surface area contributed by atoms with Crippen LogP contribution in [0.25, 0.3) is 0 Å². The Balaban J connectivity index is 2.19. The molecule has 2 heterocycles. The number of nitrogens with one attached hydrogen (secondary N) is 5. The number of H-pyrrole nitrogens is 2. The topological polar surface area (TPSA) is 294 Å². The highest BCUT2D eigenvalue weighted by atomic mass is 16.4. The number of aliphatic carboxylic acids is 1. The third-order valence-corrected chi connectivity index (χ3v) is 5.28. The summed E-state index contributed by atoms with van der Waals surface area (Å²) in [7, 11) is 0. The normalized spacial score (nSPS) is 13.9. The first-order chi connectivity index (χ1) is 18.0. The van der Waals surface area contributed by atoms with Gasteiger partial charge in [0.2, 0.25) is 29.5 Å². The minimum Gasteiger partial charge on any atom is -0.480 e. The summed E-state index contributed by atoms with van der Waals surface area (Å²) < 4.78 is 0. The molecule has 38 heavy (non-hydrogen) atoms. The molecule has 5 amide bonds. The van der Waals surface area contributed by atoms with Gasteiger partial charge in [-0.15, -0.1) is 0 Å². The molecule has 0 aliphatic heterocycles. The van der Waals surface area contributed by atoms with E-state index >= 15 is 0 Å². The van der Waals surface area contributed by atoms with E-state index in [1.807, 2.05) is 0 Å². The first-order valence-corrected chi connectivity index (χ1v) is 11.4. The Morgan fingerprint density at radius 2 is 1.32 bits per heavy atom. The fourth-order valence-corrected chi connectivity index (χ4v) is 3.33. The van der Waals surface area contributed by atoms with Crippen molar-refractivity contribution in [2.75, 3.05) is 0 Å². The van der Waals surface area contributed by atoms with E-state index in [4.69, 9.17) is 17.2 Å². The third kappa shape index (κ3) is 9.69. The van der Waals surface area contributed by atoms with Crippen molar-refractivity contribution in [3.05, 3.63) is 36.4 Å². The quantitative estimate of drug-likeness (QED) is 0.100. The predicted molar refractivity (Wildman–Crippen MR) is 128 cm³/mol.